The van der Waals surface area contributed by atoms with Crippen LogP contribution in [0.3, 0.4) is 0 Å². The molecule has 3 N–H and O–H groups in total. The van der Waals surface area contributed by atoms with Crippen LogP contribution in [0, 0.1) is 6.92 Å². The second-order valence-corrected chi connectivity index (χ2v) is 5.67. The van der Waals surface area contributed by atoms with Crippen LogP contribution in [0.25, 0.3) is 10.8 Å². The molecule has 0 spiro atoms. The molecule has 0 saturated heterocycles. The van der Waals surface area contributed by atoms with Gasteiger partial charge in [0.05, 0.1) is 11.2 Å². The van der Waals surface area contributed by atoms with Crippen LogP contribution in [-0.2, 0) is 0 Å². The van der Waals surface area contributed by atoms with E-state index in [1.165, 1.54) is 0 Å². The number of aryl methyl sites for hydroxylation is 1. The highest BCUT2D eigenvalue weighted by molar-refractivity contribution is 7.99. The quantitative estimate of drug-likeness (QED) is 0.332. The summed E-state index contributed by atoms with van der Waals surface area (Å²) in [6.07, 6.45) is 1.69. The molecule has 2 aromatic carbocycles. The number of benzene rings is 2. The lowest BCUT2D eigenvalue weighted by Crippen LogP contribution is -2.13. The minimum atomic E-state index is 0.113. The Morgan fingerprint density at radius 2 is 1.86 bits per heavy atom. The lowest BCUT2D eigenvalue weighted by atomic mass is 10.0. The Hall–Kier alpha value is -2.40. The zero-order valence-electron chi connectivity index (χ0n) is 11.4. The predicted molar refractivity (Wildman–Crippen MR) is 84.0 cm³/mol. The number of amidine groups is 1. The summed E-state index contributed by atoms with van der Waals surface area (Å²) in [7, 11) is 0. The standard InChI is InChI=1S/C16H14N2O2S/c1-10-14(8-9-20-10)21-15-7-6-13(16(17)18-19)11-4-2-3-5-12(11)15/h2-9,19H,1H3,(H2,17,18). The summed E-state index contributed by atoms with van der Waals surface area (Å²) in [5, 5.41) is 14.0. The third-order valence-corrected chi connectivity index (χ3v) is 4.52. The highest BCUT2D eigenvalue weighted by Crippen LogP contribution is 2.36. The average Bonchev–Trinajstić information content (AvgIpc) is 2.92. The van der Waals surface area contributed by atoms with E-state index in [0.717, 1.165) is 31.9 Å². The Bertz CT molecular complexity index is 824. The Morgan fingerprint density at radius 3 is 2.52 bits per heavy atom. The third kappa shape index (κ3) is 2.48. The number of hydrogen-bond acceptors (Lipinski definition) is 4. The molecular weight excluding hydrogens is 284 g/mol. The second kappa shape index (κ2) is 5.54. The molecule has 3 rings (SSSR count). The van der Waals surface area contributed by atoms with Gasteiger partial charge >= 0.3 is 0 Å². The van der Waals surface area contributed by atoms with Crippen LogP contribution < -0.4 is 5.73 Å². The summed E-state index contributed by atoms with van der Waals surface area (Å²) in [6, 6.07) is 13.7. The van der Waals surface area contributed by atoms with Gasteiger partial charge in [0, 0.05) is 10.5 Å². The molecule has 0 aliphatic carbocycles. The molecule has 21 heavy (non-hydrogen) atoms. The number of fused-ring (bicyclic) bond motifs is 1. The Balaban J connectivity index is 2.15. The number of furan rings is 1. The van der Waals surface area contributed by atoms with Gasteiger partial charge in [0.25, 0.3) is 0 Å². The maximum atomic E-state index is 8.91. The first-order chi connectivity index (χ1) is 10.2. The van der Waals surface area contributed by atoms with Gasteiger partial charge in [-0.1, -0.05) is 41.2 Å². The van der Waals surface area contributed by atoms with Gasteiger partial charge in [0.2, 0.25) is 0 Å². The van der Waals surface area contributed by atoms with Gasteiger partial charge in [-0.2, -0.15) is 0 Å². The summed E-state index contributed by atoms with van der Waals surface area (Å²) >= 11 is 1.64. The zero-order valence-corrected chi connectivity index (χ0v) is 12.2. The van der Waals surface area contributed by atoms with Crippen LogP contribution >= 0.6 is 11.8 Å². The van der Waals surface area contributed by atoms with E-state index in [9.17, 15) is 0 Å². The summed E-state index contributed by atoms with van der Waals surface area (Å²) in [6.45, 7) is 1.94. The first kappa shape index (κ1) is 13.6. The molecule has 4 nitrogen and oxygen atoms in total. The lowest BCUT2D eigenvalue weighted by Gasteiger charge is -2.09. The van der Waals surface area contributed by atoms with Crippen molar-refractivity contribution in [1.82, 2.24) is 0 Å². The molecule has 1 heterocycles. The normalized spacial score (nSPS) is 12.0. The maximum Gasteiger partial charge on any atom is 0.170 e. The highest BCUT2D eigenvalue weighted by Gasteiger charge is 2.11. The average molecular weight is 298 g/mol. The highest BCUT2D eigenvalue weighted by atomic mass is 32.2. The van der Waals surface area contributed by atoms with E-state index in [0.29, 0.717) is 0 Å². The molecule has 5 heteroatoms. The predicted octanol–water partition coefficient (Wildman–Crippen LogP) is 3.99. The van der Waals surface area contributed by atoms with Gasteiger partial charge in [-0.25, -0.2) is 0 Å². The van der Waals surface area contributed by atoms with Crippen molar-refractivity contribution in [3.05, 3.63) is 60.1 Å². The van der Waals surface area contributed by atoms with E-state index in [1.54, 1.807) is 18.0 Å². The number of hydrogen-bond donors (Lipinski definition) is 2. The van der Waals surface area contributed by atoms with Crippen molar-refractivity contribution in [3.63, 3.8) is 0 Å². The van der Waals surface area contributed by atoms with Crippen molar-refractivity contribution in [1.29, 1.82) is 0 Å². The number of nitrogens with two attached hydrogens (primary N) is 1. The van der Waals surface area contributed by atoms with Crippen molar-refractivity contribution in [2.45, 2.75) is 16.7 Å². The van der Waals surface area contributed by atoms with E-state index in [-0.39, 0.29) is 5.84 Å². The van der Waals surface area contributed by atoms with Gasteiger partial charge in [-0.3, -0.25) is 0 Å². The van der Waals surface area contributed by atoms with Crippen molar-refractivity contribution in [2.24, 2.45) is 10.9 Å². The fraction of sp³-hybridized carbons (Fsp3) is 0.0625. The number of nitrogens with zero attached hydrogens (tertiary/aromatic N) is 1. The van der Waals surface area contributed by atoms with Crippen LogP contribution in [-0.4, -0.2) is 11.0 Å². The van der Waals surface area contributed by atoms with E-state index < -0.39 is 0 Å². The molecule has 0 atom stereocenters. The Labute approximate surface area is 126 Å². The van der Waals surface area contributed by atoms with Crippen LogP contribution in [0.15, 0.2) is 68.1 Å². The molecule has 0 bridgehead atoms. The Morgan fingerprint density at radius 1 is 1.10 bits per heavy atom. The minimum Gasteiger partial charge on any atom is -0.468 e. The van der Waals surface area contributed by atoms with Crippen molar-refractivity contribution >= 4 is 28.4 Å². The first-order valence-electron chi connectivity index (χ1n) is 6.42. The van der Waals surface area contributed by atoms with Gasteiger partial charge < -0.3 is 15.4 Å². The second-order valence-electron chi connectivity index (χ2n) is 4.59. The van der Waals surface area contributed by atoms with Gasteiger partial charge in [0.1, 0.15) is 5.76 Å². The summed E-state index contributed by atoms with van der Waals surface area (Å²) in [4.78, 5) is 2.18. The molecule has 106 valence electrons. The number of rotatable bonds is 3. The van der Waals surface area contributed by atoms with E-state index in [4.69, 9.17) is 15.4 Å². The fourth-order valence-corrected chi connectivity index (χ4v) is 3.21. The topological polar surface area (TPSA) is 71.8 Å². The SMILES string of the molecule is Cc1occc1Sc1ccc(/C(N)=N/O)c2ccccc12. The summed E-state index contributed by atoms with van der Waals surface area (Å²) in [5.41, 5.74) is 6.47. The maximum absolute atomic E-state index is 8.91. The molecule has 1 aromatic heterocycles. The third-order valence-electron chi connectivity index (χ3n) is 3.30. The largest absolute Gasteiger partial charge is 0.468 e. The molecule has 0 amide bonds. The monoisotopic (exact) mass is 298 g/mol. The summed E-state index contributed by atoms with van der Waals surface area (Å²) < 4.78 is 5.34. The smallest absolute Gasteiger partial charge is 0.170 e. The molecule has 0 fully saturated rings. The van der Waals surface area contributed by atoms with E-state index >= 15 is 0 Å². The van der Waals surface area contributed by atoms with Crippen molar-refractivity contribution in [2.75, 3.05) is 0 Å². The first-order valence-corrected chi connectivity index (χ1v) is 7.24. The van der Waals surface area contributed by atoms with Crippen LogP contribution in [0.4, 0.5) is 0 Å². The Kier molecular flexibility index (Phi) is 3.58. The van der Waals surface area contributed by atoms with E-state index in [2.05, 4.69) is 5.16 Å². The van der Waals surface area contributed by atoms with Crippen LogP contribution in [0.5, 0.6) is 0 Å². The van der Waals surface area contributed by atoms with E-state index in [1.807, 2.05) is 49.4 Å². The van der Waals surface area contributed by atoms with Gasteiger partial charge in [-0.15, -0.1) is 0 Å². The van der Waals surface area contributed by atoms with Crippen LogP contribution in [0.1, 0.15) is 11.3 Å². The molecule has 0 radical (unpaired) electrons. The molecule has 0 aliphatic heterocycles. The van der Waals surface area contributed by atoms with Gasteiger partial charge in [-0.05, 0) is 35.9 Å². The summed E-state index contributed by atoms with van der Waals surface area (Å²) in [5.74, 6) is 1.01. The van der Waals surface area contributed by atoms with Crippen LogP contribution in [0.2, 0.25) is 0 Å². The van der Waals surface area contributed by atoms with Gasteiger partial charge in [0.15, 0.2) is 5.84 Å². The molecule has 3 aromatic rings. The lowest BCUT2D eigenvalue weighted by molar-refractivity contribution is 0.318. The number of oxime groups is 1. The molecule has 0 aliphatic rings. The zero-order chi connectivity index (χ0) is 14.8. The molecular formula is C16H14N2O2S. The van der Waals surface area contributed by atoms with Crippen molar-refractivity contribution in [3.8, 4) is 0 Å². The molecule has 0 unspecified atom stereocenters. The molecule has 0 saturated carbocycles. The van der Waals surface area contributed by atoms with Crippen molar-refractivity contribution < 1.29 is 9.62 Å². The fourth-order valence-electron chi connectivity index (χ4n) is 2.24. The minimum absolute atomic E-state index is 0.113.